The normalized spacial score (nSPS) is 35.5. The predicted octanol–water partition coefficient (Wildman–Crippen LogP) is 7.92. The summed E-state index contributed by atoms with van der Waals surface area (Å²) in [5, 5.41) is 0.118. The van der Waals surface area contributed by atoms with E-state index in [1.165, 1.54) is 19.3 Å². The number of hydrogen-bond donors (Lipinski definition) is 0. The monoisotopic (exact) mass is 536 g/mol. The molecule has 3 fully saturated rings. The Kier molecular flexibility index (Phi) is 9.69. The molecule has 0 spiro atoms. The van der Waals surface area contributed by atoms with Gasteiger partial charge in [-0.15, -0.1) is 0 Å². The zero-order valence-corrected chi connectivity index (χ0v) is 26.5. The van der Waals surface area contributed by atoms with Crippen molar-refractivity contribution < 1.29 is 23.5 Å². The minimum Gasteiger partial charge on any atom is -0.462 e. The lowest BCUT2D eigenvalue weighted by molar-refractivity contribution is -0.174. The second-order valence-electron chi connectivity index (χ2n) is 14.9. The van der Waals surface area contributed by atoms with Gasteiger partial charge in [0.05, 0.1) is 17.9 Å². The average molecular weight is 537 g/mol. The Bertz CT molecular complexity index is 800. The van der Waals surface area contributed by atoms with Crippen molar-refractivity contribution in [3.8, 4) is 0 Å². The maximum Gasteiger partial charge on any atom is 0.311 e. The van der Waals surface area contributed by atoms with Crippen LogP contribution in [-0.2, 0) is 23.5 Å². The molecule has 2 aliphatic carbocycles. The summed E-state index contributed by atoms with van der Waals surface area (Å²) in [6, 6.07) is 0. The molecule has 0 N–H and O–H groups in total. The molecule has 5 nitrogen and oxygen atoms in total. The van der Waals surface area contributed by atoms with Crippen LogP contribution in [0.15, 0.2) is 0 Å². The van der Waals surface area contributed by atoms with E-state index in [1.807, 2.05) is 13.8 Å². The van der Waals surface area contributed by atoms with Crippen molar-refractivity contribution >= 4 is 20.3 Å². The summed E-state index contributed by atoms with van der Waals surface area (Å²) in [5.74, 6) is 2.55. The number of rotatable bonds is 8. The molecule has 214 valence electrons. The number of fused-ring (bicyclic) bond motifs is 1. The van der Waals surface area contributed by atoms with Gasteiger partial charge in [-0.05, 0) is 94.2 Å². The fourth-order valence-corrected chi connectivity index (χ4v) is 8.13. The molecule has 6 heteroatoms. The highest BCUT2D eigenvalue weighted by Crippen LogP contribution is 2.51. The quantitative estimate of drug-likeness (QED) is 0.233. The third-order valence-corrected chi connectivity index (χ3v) is 15.1. The van der Waals surface area contributed by atoms with Gasteiger partial charge in [0, 0.05) is 12.3 Å². The predicted molar refractivity (Wildman–Crippen MR) is 152 cm³/mol. The molecule has 0 aromatic heterocycles. The van der Waals surface area contributed by atoms with Gasteiger partial charge in [-0.1, -0.05) is 48.0 Å². The molecule has 0 bridgehead atoms. The van der Waals surface area contributed by atoms with E-state index in [4.69, 9.17) is 13.9 Å². The van der Waals surface area contributed by atoms with Crippen LogP contribution in [0.4, 0.5) is 0 Å². The van der Waals surface area contributed by atoms with Crippen molar-refractivity contribution in [2.24, 2.45) is 35.0 Å². The van der Waals surface area contributed by atoms with Crippen molar-refractivity contribution in [1.82, 2.24) is 0 Å². The molecule has 1 heterocycles. The van der Waals surface area contributed by atoms with Crippen molar-refractivity contribution in [2.75, 3.05) is 0 Å². The van der Waals surface area contributed by atoms with Crippen LogP contribution >= 0.6 is 0 Å². The minimum atomic E-state index is -1.95. The van der Waals surface area contributed by atoms with Gasteiger partial charge in [-0.25, -0.2) is 0 Å². The largest absolute Gasteiger partial charge is 0.462 e. The Morgan fingerprint density at radius 2 is 1.70 bits per heavy atom. The van der Waals surface area contributed by atoms with E-state index in [9.17, 15) is 9.59 Å². The zero-order chi connectivity index (χ0) is 27.8. The number of hydrogen-bond acceptors (Lipinski definition) is 5. The van der Waals surface area contributed by atoms with Crippen LogP contribution in [0.5, 0.6) is 0 Å². The highest BCUT2D eigenvalue weighted by Gasteiger charge is 2.48. The molecular weight excluding hydrogens is 480 g/mol. The van der Waals surface area contributed by atoms with Crippen molar-refractivity contribution in [1.29, 1.82) is 0 Å². The first kappa shape index (κ1) is 30.7. The summed E-state index contributed by atoms with van der Waals surface area (Å²) in [6.45, 7) is 22.0. The number of ether oxygens (including phenoxy) is 2. The molecule has 1 unspecified atom stereocenters. The van der Waals surface area contributed by atoms with E-state index in [1.54, 1.807) is 0 Å². The molecule has 0 radical (unpaired) electrons. The Morgan fingerprint density at radius 3 is 2.32 bits per heavy atom. The highest BCUT2D eigenvalue weighted by atomic mass is 28.4. The van der Waals surface area contributed by atoms with Crippen LogP contribution in [-0.4, -0.2) is 38.6 Å². The van der Waals surface area contributed by atoms with Crippen LogP contribution in [0.1, 0.15) is 113 Å². The SMILES string of the molecule is CCC(C)(C)C(=O)O[C@H]1C[C@H](C)CC2CC[C@H](C)[C@H](CC[C@@H]3C[C@@H](O[Si](C)(C)C(C)(C)C)CC(=O)O3)[C@@H]21. The zero-order valence-electron chi connectivity index (χ0n) is 25.5. The molecule has 0 aromatic carbocycles. The second kappa shape index (κ2) is 11.7. The molecule has 3 aliphatic rings. The van der Waals surface area contributed by atoms with Crippen molar-refractivity contribution in [3.05, 3.63) is 0 Å². The molecule has 37 heavy (non-hydrogen) atoms. The van der Waals surface area contributed by atoms with Crippen LogP contribution in [0.25, 0.3) is 0 Å². The first-order valence-corrected chi connectivity index (χ1v) is 18.0. The van der Waals surface area contributed by atoms with Gasteiger partial charge in [-0.3, -0.25) is 9.59 Å². The molecule has 1 aliphatic heterocycles. The van der Waals surface area contributed by atoms with Crippen LogP contribution < -0.4 is 0 Å². The summed E-state index contributed by atoms with van der Waals surface area (Å²) in [7, 11) is -1.95. The molecule has 0 aromatic rings. The Morgan fingerprint density at radius 1 is 1.03 bits per heavy atom. The topological polar surface area (TPSA) is 61.8 Å². The maximum atomic E-state index is 13.1. The number of carbonyl (C=O) groups is 2. The molecule has 8 atom stereocenters. The Hall–Kier alpha value is -0.883. The summed E-state index contributed by atoms with van der Waals surface area (Å²) in [5.41, 5.74) is -0.443. The first-order valence-electron chi connectivity index (χ1n) is 15.1. The summed E-state index contributed by atoms with van der Waals surface area (Å²) in [4.78, 5) is 25.7. The van der Waals surface area contributed by atoms with Gasteiger partial charge < -0.3 is 13.9 Å². The Balaban J connectivity index is 1.70. The van der Waals surface area contributed by atoms with E-state index in [0.29, 0.717) is 36.0 Å². The molecular formula is C31H56O5Si. The van der Waals surface area contributed by atoms with Gasteiger partial charge >= 0.3 is 11.9 Å². The van der Waals surface area contributed by atoms with Gasteiger partial charge in [0.25, 0.3) is 0 Å². The van der Waals surface area contributed by atoms with Crippen LogP contribution in [0.2, 0.25) is 18.1 Å². The van der Waals surface area contributed by atoms with E-state index < -0.39 is 13.7 Å². The first-order chi connectivity index (χ1) is 17.0. The second-order valence-corrected chi connectivity index (χ2v) is 19.7. The highest BCUT2D eigenvalue weighted by molar-refractivity contribution is 6.74. The van der Waals surface area contributed by atoms with E-state index in [2.05, 4.69) is 54.6 Å². The minimum absolute atomic E-state index is 0.00315. The lowest BCUT2D eigenvalue weighted by Gasteiger charge is -2.50. The van der Waals surface area contributed by atoms with Gasteiger partial charge in [0.1, 0.15) is 12.2 Å². The fraction of sp³-hybridized carbons (Fsp3) is 0.935. The van der Waals surface area contributed by atoms with Crippen molar-refractivity contribution in [3.63, 3.8) is 0 Å². The standard InChI is InChI=1S/C31H56O5Si/c1-11-31(7,8)29(33)35-26-17-20(2)16-22-13-12-21(3)25(28(22)26)15-14-23-18-24(19-27(32)34-23)36-37(9,10)30(4,5)6/h20-26,28H,11-19H2,1-10H3/t20-,21+,22?,23-,24-,25+,26+,28-/m1/s1. The van der Waals surface area contributed by atoms with Crippen molar-refractivity contribution in [2.45, 2.75) is 150 Å². The maximum absolute atomic E-state index is 13.1. The smallest absolute Gasteiger partial charge is 0.311 e. The number of carbonyl (C=O) groups excluding carboxylic acids is 2. The summed E-state index contributed by atoms with van der Waals surface area (Å²) < 4.78 is 18.8. The summed E-state index contributed by atoms with van der Waals surface area (Å²) >= 11 is 0. The third-order valence-electron chi connectivity index (χ3n) is 10.5. The lowest BCUT2D eigenvalue weighted by Crippen LogP contribution is -2.49. The van der Waals surface area contributed by atoms with E-state index >= 15 is 0 Å². The number of cyclic esters (lactones) is 1. The average Bonchev–Trinajstić information content (AvgIpc) is 2.77. The molecule has 1 saturated heterocycles. The lowest BCUT2D eigenvalue weighted by atomic mass is 9.58. The van der Waals surface area contributed by atoms with Crippen LogP contribution in [0.3, 0.4) is 0 Å². The number of esters is 2. The van der Waals surface area contributed by atoms with Gasteiger partial charge in [-0.2, -0.15) is 0 Å². The van der Waals surface area contributed by atoms with Gasteiger partial charge in [0.2, 0.25) is 0 Å². The van der Waals surface area contributed by atoms with Crippen LogP contribution in [0, 0.1) is 35.0 Å². The summed E-state index contributed by atoms with van der Waals surface area (Å²) in [6.07, 6.45) is 8.41. The Labute approximate surface area is 228 Å². The van der Waals surface area contributed by atoms with Gasteiger partial charge in [0.15, 0.2) is 8.32 Å². The molecule has 3 rings (SSSR count). The fourth-order valence-electron chi connectivity index (χ4n) is 6.76. The third kappa shape index (κ3) is 7.41. The van der Waals surface area contributed by atoms with E-state index in [-0.39, 0.29) is 35.3 Å². The van der Waals surface area contributed by atoms with E-state index in [0.717, 1.165) is 32.1 Å². The molecule has 2 saturated carbocycles. The molecule has 0 amide bonds.